The molecule has 0 aliphatic carbocycles. The van der Waals surface area contributed by atoms with Crippen molar-refractivity contribution in [3.63, 3.8) is 0 Å². The average molecular weight is 333 g/mol. The number of hydrogen-bond donors (Lipinski definition) is 1. The van der Waals surface area contributed by atoms with Gasteiger partial charge in [0.25, 0.3) is 0 Å². The quantitative estimate of drug-likeness (QED) is 0.936. The maximum absolute atomic E-state index is 13.5. The Morgan fingerprint density at radius 2 is 2.30 bits per heavy atom. The number of aromatic nitrogens is 1. The summed E-state index contributed by atoms with van der Waals surface area (Å²) in [7, 11) is 0. The third-order valence-corrected chi connectivity index (χ3v) is 4.55. The predicted molar refractivity (Wildman–Crippen MR) is 87.2 cm³/mol. The van der Waals surface area contributed by atoms with E-state index in [9.17, 15) is 14.0 Å². The standard InChI is InChI=1S/C16H16FN3O2S/c1-10-4-5-11(7-13(10)17)18-14(21)8-12-9-23-16(19-12)20-6-2-3-15(20)22/h4-5,7,9H,2-3,6,8H2,1H3,(H,18,21). The van der Waals surface area contributed by atoms with Crippen molar-refractivity contribution in [1.82, 2.24) is 4.98 Å². The van der Waals surface area contributed by atoms with Crippen LogP contribution in [0.4, 0.5) is 15.2 Å². The van der Waals surface area contributed by atoms with Crippen molar-refractivity contribution < 1.29 is 14.0 Å². The van der Waals surface area contributed by atoms with Crippen molar-refractivity contribution in [3.05, 3.63) is 40.7 Å². The summed E-state index contributed by atoms with van der Waals surface area (Å²) in [6.45, 7) is 2.35. The molecule has 1 saturated heterocycles. The van der Waals surface area contributed by atoms with Gasteiger partial charge in [0.05, 0.1) is 12.1 Å². The third kappa shape index (κ3) is 3.56. The predicted octanol–water partition coefficient (Wildman–Crippen LogP) is 2.90. The van der Waals surface area contributed by atoms with E-state index in [0.29, 0.717) is 35.0 Å². The first-order valence-electron chi connectivity index (χ1n) is 7.34. The fourth-order valence-corrected chi connectivity index (χ4v) is 3.26. The number of hydrogen-bond acceptors (Lipinski definition) is 4. The number of carbonyl (C=O) groups excluding carboxylic acids is 2. The highest BCUT2D eigenvalue weighted by molar-refractivity contribution is 7.14. The molecule has 0 radical (unpaired) electrons. The van der Waals surface area contributed by atoms with Crippen molar-refractivity contribution in [1.29, 1.82) is 0 Å². The van der Waals surface area contributed by atoms with Gasteiger partial charge < -0.3 is 5.32 Å². The van der Waals surface area contributed by atoms with Crippen LogP contribution in [0.3, 0.4) is 0 Å². The molecule has 2 amide bonds. The minimum atomic E-state index is -0.355. The zero-order valence-electron chi connectivity index (χ0n) is 12.6. The Hall–Kier alpha value is -2.28. The lowest BCUT2D eigenvalue weighted by Crippen LogP contribution is -2.23. The van der Waals surface area contributed by atoms with Gasteiger partial charge in [-0.3, -0.25) is 14.5 Å². The molecule has 0 bridgehead atoms. The number of rotatable bonds is 4. The molecule has 0 saturated carbocycles. The van der Waals surface area contributed by atoms with E-state index >= 15 is 0 Å². The molecule has 23 heavy (non-hydrogen) atoms. The van der Waals surface area contributed by atoms with Crippen LogP contribution in [-0.4, -0.2) is 23.3 Å². The molecule has 120 valence electrons. The summed E-state index contributed by atoms with van der Waals surface area (Å²) in [4.78, 5) is 29.7. The number of nitrogens with zero attached hydrogens (tertiary/aromatic N) is 2. The van der Waals surface area contributed by atoms with Crippen LogP contribution < -0.4 is 10.2 Å². The normalized spacial score (nSPS) is 14.3. The highest BCUT2D eigenvalue weighted by atomic mass is 32.1. The van der Waals surface area contributed by atoms with Crippen LogP contribution in [0.2, 0.25) is 0 Å². The first-order chi connectivity index (χ1) is 11.0. The first-order valence-corrected chi connectivity index (χ1v) is 8.21. The molecule has 1 aliphatic rings. The summed E-state index contributed by atoms with van der Waals surface area (Å²) in [5, 5.41) is 5.06. The topological polar surface area (TPSA) is 62.3 Å². The number of amides is 2. The lowest BCUT2D eigenvalue weighted by atomic mass is 10.2. The van der Waals surface area contributed by atoms with Crippen molar-refractivity contribution in [3.8, 4) is 0 Å². The Kier molecular flexibility index (Phi) is 4.38. The zero-order chi connectivity index (χ0) is 16.4. The van der Waals surface area contributed by atoms with E-state index in [1.165, 1.54) is 17.4 Å². The summed E-state index contributed by atoms with van der Waals surface area (Å²) < 4.78 is 13.5. The minimum Gasteiger partial charge on any atom is -0.326 e. The molecule has 1 aromatic heterocycles. The molecule has 2 aromatic rings. The smallest absolute Gasteiger partial charge is 0.230 e. The van der Waals surface area contributed by atoms with Gasteiger partial charge >= 0.3 is 0 Å². The van der Waals surface area contributed by atoms with Crippen LogP contribution in [-0.2, 0) is 16.0 Å². The number of carbonyl (C=O) groups is 2. The van der Waals surface area contributed by atoms with Gasteiger partial charge in [-0.05, 0) is 31.0 Å². The number of anilines is 2. The summed E-state index contributed by atoms with van der Waals surface area (Å²) in [6, 6.07) is 4.57. The Balaban J connectivity index is 1.63. The lowest BCUT2D eigenvalue weighted by Gasteiger charge is -2.10. The zero-order valence-corrected chi connectivity index (χ0v) is 13.5. The monoisotopic (exact) mass is 333 g/mol. The first kappa shape index (κ1) is 15.6. The Morgan fingerprint density at radius 3 is 3.00 bits per heavy atom. The van der Waals surface area contributed by atoms with Crippen LogP contribution in [0, 0.1) is 12.7 Å². The van der Waals surface area contributed by atoms with Gasteiger partial charge in [-0.1, -0.05) is 6.07 Å². The maximum atomic E-state index is 13.5. The van der Waals surface area contributed by atoms with Crippen molar-refractivity contribution in [2.45, 2.75) is 26.2 Å². The fourth-order valence-electron chi connectivity index (χ4n) is 2.39. The second kappa shape index (κ2) is 6.45. The Morgan fingerprint density at radius 1 is 1.48 bits per heavy atom. The second-order valence-corrected chi connectivity index (χ2v) is 6.30. The maximum Gasteiger partial charge on any atom is 0.230 e. The molecular formula is C16H16FN3O2S. The lowest BCUT2D eigenvalue weighted by molar-refractivity contribution is -0.117. The molecule has 0 atom stereocenters. The minimum absolute atomic E-state index is 0.0745. The number of aryl methyl sites for hydroxylation is 1. The van der Waals surface area contributed by atoms with Crippen LogP contribution in [0.1, 0.15) is 24.1 Å². The van der Waals surface area contributed by atoms with Gasteiger partial charge in [0, 0.05) is 24.0 Å². The van der Waals surface area contributed by atoms with E-state index in [1.807, 2.05) is 0 Å². The highest BCUT2D eigenvalue weighted by Crippen LogP contribution is 2.25. The summed E-state index contributed by atoms with van der Waals surface area (Å²) in [6.07, 6.45) is 1.48. The van der Waals surface area contributed by atoms with Gasteiger partial charge in [-0.2, -0.15) is 0 Å². The van der Waals surface area contributed by atoms with E-state index in [4.69, 9.17) is 0 Å². The van der Waals surface area contributed by atoms with Gasteiger partial charge in [0.2, 0.25) is 11.8 Å². The molecule has 3 rings (SSSR count). The van der Waals surface area contributed by atoms with Crippen molar-refractivity contribution >= 4 is 34.0 Å². The van der Waals surface area contributed by atoms with Crippen LogP contribution in [0.25, 0.3) is 0 Å². The van der Waals surface area contributed by atoms with Crippen molar-refractivity contribution in [2.75, 3.05) is 16.8 Å². The van der Waals surface area contributed by atoms with Gasteiger partial charge in [0.1, 0.15) is 5.82 Å². The van der Waals surface area contributed by atoms with Gasteiger partial charge in [0.15, 0.2) is 5.13 Å². The molecule has 7 heteroatoms. The molecule has 1 aliphatic heterocycles. The number of nitrogens with one attached hydrogen (secondary N) is 1. The molecule has 1 aromatic carbocycles. The highest BCUT2D eigenvalue weighted by Gasteiger charge is 2.24. The molecular weight excluding hydrogens is 317 g/mol. The largest absolute Gasteiger partial charge is 0.326 e. The van der Waals surface area contributed by atoms with Crippen molar-refractivity contribution in [2.24, 2.45) is 0 Å². The SMILES string of the molecule is Cc1ccc(NC(=O)Cc2csc(N3CCCC3=O)n2)cc1F. The van der Waals surface area contributed by atoms with E-state index < -0.39 is 0 Å². The molecule has 0 unspecified atom stereocenters. The average Bonchev–Trinajstić information content (AvgIpc) is 3.11. The third-order valence-electron chi connectivity index (χ3n) is 3.64. The Labute approximate surface area is 137 Å². The molecule has 1 fully saturated rings. The summed E-state index contributed by atoms with van der Waals surface area (Å²) in [5.41, 5.74) is 1.56. The number of benzene rings is 1. The Bertz CT molecular complexity index is 760. The van der Waals surface area contributed by atoms with E-state index in [0.717, 1.165) is 6.42 Å². The second-order valence-electron chi connectivity index (χ2n) is 5.46. The molecule has 5 nitrogen and oxygen atoms in total. The number of halogens is 1. The molecule has 1 N–H and O–H groups in total. The van der Waals surface area contributed by atoms with Crippen LogP contribution >= 0.6 is 11.3 Å². The summed E-state index contributed by atoms with van der Waals surface area (Å²) in [5.74, 6) is -0.547. The van der Waals surface area contributed by atoms with Crippen LogP contribution in [0.5, 0.6) is 0 Å². The number of thiazole rings is 1. The molecule has 0 spiro atoms. The fraction of sp³-hybridized carbons (Fsp3) is 0.312. The van der Waals surface area contributed by atoms with Gasteiger partial charge in [-0.25, -0.2) is 9.37 Å². The summed E-state index contributed by atoms with van der Waals surface area (Å²) >= 11 is 1.36. The van der Waals surface area contributed by atoms with E-state index in [1.54, 1.807) is 29.3 Å². The van der Waals surface area contributed by atoms with E-state index in [-0.39, 0.29) is 24.1 Å². The van der Waals surface area contributed by atoms with Gasteiger partial charge in [-0.15, -0.1) is 11.3 Å². The van der Waals surface area contributed by atoms with Crippen LogP contribution in [0.15, 0.2) is 23.6 Å². The molecule has 2 heterocycles. The van der Waals surface area contributed by atoms with E-state index in [2.05, 4.69) is 10.3 Å².